The summed E-state index contributed by atoms with van der Waals surface area (Å²) in [6.07, 6.45) is 0.876. The second-order valence-electron chi connectivity index (χ2n) is 3.48. The molecule has 0 aliphatic carbocycles. The predicted molar refractivity (Wildman–Crippen MR) is 64.6 cm³/mol. The number of rotatable bonds is 6. The van der Waals surface area contributed by atoms with E-state index in [1.165, 1.54) is 4.88 Å². The molecule has 1 aromatic rings. The van der Waals surface area contributed by atoms with E-state index < -0.39 is 0 Å². The molecule has 2 nitrogen and oxygen atoms in total. The molecule has 0 saturated heterocycles. The van der Waals surface area contributed by atoms with Crippen molar-refractivity contribution < 1.29 is 5.11 Å². The Morgan fingerprint density at radius 2 is 2.43 bits per heavy atom. The smallest absolute Gasteiger partial charge is 0.0434 e. The van der Waals surface area contributed by atoms with Crippen molar-refractivity contribution in [3.8, 4) is 0 Å². The third-order valence-electron chi connectivity index (χ3n) is 2.04. The topological polar surface area (TPSA) is 32.3 Å². The summed E-state index contributed by atoms with van der Waals surface area (Å²) in [6.45, 7) is 4.32. The molecule has 0 aliphatic rings. The molecular weight excluding hydrogens is 262 g/mol. The zero-order valence-corrected chi connectivity index (χ0v) is 10.7. The van der Waals surface area contributed by atoms with Gasteiger partial charge in [0.05, 0.1) is 0 Å². The largest absolute Gasteiger partial charge is 0.396 e. The number of aliphatic hydroxyl groups is 1. The molecule has 2 N–H and O–H groups in total. The minimum Gasteiger partial charge on any atom is -0.396 e. The molecule has 1 atom stereocenters. The minimum absolute atomic E-state index is 0.285. The minimum atomic E-state index is 0.285. The van der Waals surface area contributed by atoms with Crippen molar-refractivity contribution >= 4 is 27.3 Å². The second-order valence-corrected chi connectivity index (χ2v) is 5.39. The van der Waals surface area contributed by atoms with Gasteiger partial charge in [-0.25, -0.2) is 0 Å². The summed E-state index contributed by atoms with van der Waals surface area (Å²) in [5.74, 6) is 0.545. The Bertz CT molecular complexity index is 264. The molecule has 0 radical (unpaired) electrons. The van der Waals surface area contributed by atoms with Gasteiger partial charge < -0.3 is 10.4 Å². The molecule has 0 aliphatic heterocycles. The fraction of sp³-hybridized carbons (Fsp3) is 0.600. The molecule has 0 amide bonds. The van der Waals surface area contributed by atoms with Gasteiger partial charge in [-0.3, -0.25) is 0 Å². The van der Waals surface area contributed by atoms with Gasteiger partial charge in [0, 0.05) is 27.9 Å². The highest BCUT2D eigenvalue weighted by Crippen LogP contribution is 2.19. The highest BCUT2D eigenvalue weighted by atomic mass is 79.9. The number of aliphatic hydroxyl groups excluding tert-OH is 1. The SMILES string of the molecule is CC(CCO)CNCc1cc(Br)cs1. The van der Waals surface area contributed by atoms with Crippen molar-refractivity contribution in [3.05, 3.63) is 20.8 Å². The third-order valence-corrected chi connectivity index (χ3v) is 3.73. The summed E-state index contributed by atoms with van der Waals surface area (Å²) < 4.78 is 1.16. The van der Waals surface area contributed by atoms with Gasteiger partial charge >= 0.3 is 0 Å². The fourth-order valence-corrected chi connectivity index (χ4v) is 2.63. The molecule has 0 saturated carbocycles. The van der Waals surface area contributed by atoms with E-state index in [0.29, 0.717) is 5.92 Å². The second kappa shape index (κ2) is 6.56. The Hall–Kier alpha value is 0.1000. The molecular formula is C10H16BrNOS. The lowest BCUT2D eigenvalue weighted by Crippen LogP contribution is -2.20. The van der Waals surface area contributed by atoms with E-state index in [4.69, 9.17) is 5.11 Å². The van der Waals surface area contributed by atoms with Crippen LogP contribution in [-0.2, 0) is 6.54 Å². The first-order chi connectivity index (χ1) is 6.72. The number of nitrogens with one attached hydrogen (secondary N) is 1. The molecule has 4 heteroatoms. The van der Waals surface area contributed by atoms with E-state index in [1.807, 2.05) is 0 Å². The molecule has 1 heterocycles. The normalized spacial score (nSPS) is 13.1. The Morgan fingerprint density at radius 3 is 3.00 bits per heavy atom. The Labute approximate surface area is 97.5 Å². The quantitative estimate of drug-likeness (QED) is 0.838. The summed E-state index contributed by atoms with van der Waals surface area (Å²) in [4.78, 5) is 1.34. The van der Waals surface area contributed by atoms with Gasteiger partial charge in [0.25, 0.3) is 0 Å². The maximum absolute atomic E-state index is 8.72. The van der Waals surface area contributed by atoms with Crippen molar-refractivity contribution in [3.63, 3.8) is 0 Å². The molecule has 14 heavy (non-hydrogen) atoms. The van der Waals surface area contributed by atoms with Gasteiger partial charge in [-0.2, -0.15) is 0 Å². The van der Waals surface area contributed by atoms with Crippen LogP contribution < -0.4 is 5.32 Å². The van der Waals surface area contributed by atoms with E-state index >= 15 is 0 Å². The molecule has 1 aromatic heterocycles. The van der Waals surface area contributed by atoms with Crippen LogP contribution in [0, 0.1) is 5.92 Å². The predicted octanol–water partition coefficient (Wildman–Crippen LogP) is 2.62. The third kappa shape index (κ3) is 4.55. The van der Waals surface area contributed by atoms with Crippen molar-refractivity contribution in [2.24, 2.45) is 5.92 Å². The average Bonchev–Trinajstić information content (AvgIpc) is 2.52. The lowest BCUT2D eigenvalue weighted by atomic mass is 10.1. The van der Waals surface area contributed by atoms with Crippen LogP contribution >= 0.6 is 27.3 Å². The van der Waals surface area contributed by atoms with Gasteiger partial charge in [-0.15, -0.1) is 11.3 Å². The zero-order valence-electron chi connectivity index (χ0n) is 8.29. The fourth-order valence-electron chi connectivity index (χ4n) is 1.21. The maximum atomic E-state index is 8.72. The Morgan fingerprint density at radius 1 is 1.64 bits per heavy atom. The van der Waals surface area contributed by atoms with Gasteiger partial charge in [-0.05, 0) is 40.9 Å². The van der Waals surface area contributed by atoms with E-state index in [1.54, 1.807) is 11.3 Å². The molecule has 80 valence electrons. The van der Waals surface area contributed by atoms with E-state index in [9.17, 15) is 0 Å². The zero-order chi connectivity index (χ0) is 10.4. The van der Waals surface area contributed by atoms with Crippen LogP contribution in [-0.4, -0.2) is 18.3 Å². The molecule has 0 bridgehead atoms. The van der Waals surface area contributed by atoms with Crippen LogP contribution in [0.25, 0.3) is 0 Å². The van der Waals surface area contributed by atoms with E-state index in [2.05, 4.69) is 39.6 Å². The Balaban J connectivity index is 2.15. The van der Waals surface area contributed by atoms with Crippen LogP contribution in [0.4, 0.5) is 0 Å². The molecule has 1 unspecified atom stereocenters. The highest BCUT2D eigenvalue weighted by molar-refractivity contribution is 9.10. The number of thiophene rings is 1. The number of hydrogen-bond donors (Lipinski definition) is 2. The Kier molecular flexibility index (Phi) is 5.70. The summed E-state index contributed by atoms with van der Waals surface area (Å²) in [6, 6.07) is 2.13. The first-order valence-electron chi connectivity index (χ1n) is 4.77. The number of hydrogen-bond acceptors (Lipinski definition) is 3. The summed E-state index contributed by atoms with van der Waals surface area (Å²) in [5, 5.41) is 14.2. The van der Waals surface area contributed by atoms with Crippen LogP contribution in [0.1, 0.15) is 18.2 Å². The van der Waals surface area contributed by atoms with Crippen molar-refractivity contribution in [1.29, 1.82) is 0 Å². The van der Waals surface area contributed by atoms with Crippen molar-refractivity contribution in [1.82, 2.24) is 5.32 Å². The first-order valence-corrected chi connectivity index (χ1v) is 6.44. The van der Waals surface area contributed by atoms with E-state index in [0.717, 1.165) is 24.0 Å². The van der Waals surface area contributed by atoms with Crippen LogP contribution in [0.15, 0.2) is 15.9 Å². The van der Waals surface area contributed by atoms with Gasteiger partial charge in [-0.1, -0.05) is 6.92 Å². The molecule has 0 aromatic carbocycles. The summed E-state index contributed by atoms with van der Waals surface area (Å²) in [5.41, 5.74) is 0. The first kappa shape index (κ1) is 12.2. The van der Waals surface area contributed by atoms with Gasteiger partial charge in [0.1, 0.15) is 0 Å². The summed E-state index contributed by atoms with van der Waals surface area (Å²) >= 11 is 5.18. The van der Waals surface area contributed by atoms with E-state index in [-0.39, 0.29) is 6.61 Å². The number of halogens is 1. The van der Waals surface area contributed by atoms with Crippen LogP contribution in [0.2, 0.25) is 0 Å². The average molecular weight is 278 g/mol. The lowest BCUT2D eigenvalue weighted by Gasteiger charge is -2.09. The van der Waals surface area contributed by atoms with Crippen LogP contribution in [0.5, 0.6) is 0 Å². The molecule has 0 fully saturated rings. The van der Waals surface area contributed by atoms with Crippen LogP contribution in [0.3, 0.4) is 0 Å². The summed E-state index contributed by atoms with van der Waals surface area (Å²) in [7, 11) is 0. The monoisotopic (exact) mass is 277 g/mol. The van der Waals surface area contributed by atoms with Gasteiger partial charge in [0.2, 0.25) is 0 Å². The maximum Gasteiger partial charge on any atom is 0.0434 e. The van der Waals surface area contributed by atoms with Crippen molar-refractivity contribution in [2.45, 2.75) is 19.9 Å². The van der Waals surface area contributed by atoms with Gasteiger partial charge in [0.15, 0.2) is 0 Å². The van der Waals surface area contributed by atoms with Crippen molar-refractivity contribution in [2.75, 3.05) is 13.2 Å². The standard InChI is InChI=1S/C10H16BrNOS/c1-8(2-3-13)5-12-6-10-4-9(11)7-14-10/h4,7-8,12-13H,2-3,5-6H2,1H3. The lowest BCUT2D eigenvalue weighted by molar-refractivity contribution is 0.260. The highest BCUT2D eigenvalue weighted by Gasteiger charge is 2.01. The molecule has 1 rings (SSSR count). The molecule has 0 spiro atoms.